The Hall–Kier alpha value is -0.100. The number of carbonyl (C=O) groups is 1. The van der Waals surface area contributed by atoms with Gasteiger partial charge in [-0.25, -0.2) is 0 Å². The van der Waals surface area contributed by atoms with Crippen LogP contribution in [0.15, 0.2) is 11.4 Å². The van der Waals surface area contributed by atoms with Crippen molar-refractivity contribution in [3.63, 3.8) is 0 Å². The summed E-state index contributed by atoms with van der Waals surface area (Å²) in [7, 11) is 0. The van der Waals surface area contributed by atoms with Crippen LogP contribution in [0.3, 0.4) is 0 Å². The van der Waals surface area contributed by atoms with Crippen LogP contribution in [-0.2, 0) is 0 Å². The molecule has 0 bridgehead atoms. The normalized spacial score (nSPS) is 15.5. The fourth-order valence-electron chi connectivity index (χ4n) is 1.33. The summed E-state index contributed by atoms with van der Waals surface area (Å²) in [5.74, 6) is 0.961. The van der Waals surface area contributed by atoms with Gasteiger partial charge >= 0.3 is 0 Å². The summed E-state index contributed by atoms with van der Waals surface area (Å²) in [5, 5.41) is 4.86. The van der Waals surface area contributed by atoms with Gasteiger partial charge in [0.15, 0.2) is 0 Å². The third-order valence-corrected chi connectivity index (χ3v) is 4.15. The maximum atomic E-state index is 11.6. The summed E-state index contributed by atoms with van der Waals surface area (Å²) < 4.78 is 1.16. The van der Waals surface area contributed by atoms with Gasteiger partial charge in [0.2, 0.25) is 0 Å². The predicted octanol–water partition coefficient (Wildman–Crippen LogP) is 2.88. The minimum Gasteiger partial charge on any atom is -0.352 e. The van der Waals surface area contributed by atoms with Gasteiger partial charge in [-0.15, -0.1) is 11.3 Å². The predicted molar refractivity (Wildman–Crippen MR) is 66.7 cm³/mol. The molecule has 0 aliphatic heterocycles. The van der Waals surface area contributed by atoms with Crippen molar-refractivity contribution in [2.75, 3.05) is 6.54 Å². The first kappa shape index (κ1) is 10.4. The Balaban J connectivity index is 1.76. The van der Waals surface area contributed by atoms with Gasteiger partial charge in [0.25, 0.3) is 5.91 Å². The van der Waals surface area contributed by atoms with Crippen molar-refractivity contribution in [1.82, 2.24) is 5.32 Å². The zero-order chi connectivity index (χ0) is 9.97. The van der Waals surface area contributed by atoms with E-state index in [1.54, 1.807) is 11.3 Å². The molecule has 1 amide bonds. The van der Waals surface area contributed by atoms with Gasteiger partial charge in [0, 0.05) is 11.9 Å². The van der Waals surface area contributed by atoms with Gasteiger partial charge in [-0.3, -0.25) is 4.79 Å². The summed E-state index contributed by atoms with van der Waals surface area (Å²) in [6.07, 6.45) is 3.85. The number of halogens is 1. The molecular formula is C10H12INOS. The lowest BCUT2D eigenvalue weighted by Crippen LogP contribution is -2.24. The van der Waals surface area contributed by atoms with Crippen LogP contribution in [0.25, 0.3) is 0 Å². The maximum Gasteiger partial charge on any atom is 0.252 e. The van der Waals surface area contributed by atoms with Crippen molar-refractivity contribution in [2.45, 2.75) is 19.3 Å². The van der Waals surface area contributed by atoms with Crippen molar-refractivity contribution < 1.29 is 4.79 Å². The van der Waals surface area contributed by atoms with Crippen molar-refractivity contribution in [1.29, 1.82) is 0 Å². The van der Waals surface area contributed by atoms with E-state index in [4.69, 9.17) is 0 Å². The fourth-order valence-corrected chi connectivity index (χ4v) is 2.65. The van der Waals surface area contributed by atoms with Crippen LogP contribution in [0.5, 0.6) is 0 Å². The average Bonchev–Trinajstić information content (AvgIpc) is 2.87. The summed E-state index contributed by atoms with van der Waals surface area (Å²) in [6.45, 7) is 0.829. The van der Waals surface area contributed by atoms with E-state index in [1.807, 2.05) is 11.4 Å². The van der Waals surface area contributed by atoms with Crippen LogP contribution in [0.1, 0.15) is 29.6 Å². The van der Waals surface area contributed by atoms with Crippen LogP contribution in [0.4, 0.5) is 0 Å². The fraction of sp³-hybridized carbons (Fsp3) is 0.500. The van der Waals surface area contributed by atoms with Gasteiger partial charge in [0.1, 0.15) is 0 Å². The van der Waals surface area contributed by atoms with E-state index in [0.29, 0.717) is 0 Å². The van der Waals surface area contributed by atoms with E-state index in [2.05, 4.69) is 27.9 Å². The monoisotopic (exact) mass is 321 g/mol. The Morgan fingerprint density at radius 3 is 3.00 bits per heavy atom. The number of hydrogen-bond donors (Lipinski definition) is 1. The third kappa shape index (κ3) is 2.95. The van der Waals surface area contributed by atoms with Crippen molar-refractivity contribution >= 4 is 39.8 Å². The molecule has 0 radical (unpaired) electrons. The number of hydrogen-bond acceptors (Lipinski definition) is 2. The van der Waals surface area contributed by atoms with Crippen LogP contribution in [0.2, 0.25) is 0 Å². The van der Waals surface area contributed by atoms with E-state index in [9.17, 15) is 4.79 Å². The molecule has 0 spiro atoms. The summed E-state index contributed by atoms with van der Waals surface area (Å²) in [5.41, 5.74) is 0.801. The second-order valence-corrected chi connectivity index (χ2v) is 6.43. The van der Waals surface area contributed by atoms with Crippen molar-refractivity contribution in [3.05, 3.63) is 19.9 Å². The van der Waals surface area contributed by atoms with E-state index in [1.165, 1.54) is 12.8 Å². The number of rotatable bonds is 4. The lowest BCUT2D eigenvalue weighted by molar-refractivity contribution is 0.0953. The summed E-state index contributed by atoms with van der Waals surface area (Å²) >= 11 is 3.84. The van der Waals surface area contributed by atoms with E-state index in [-0.39, 0.29) is 5.91 Å². The molecule has 0 unspecified atom stereocenters. The maximum absolute atomic E-state index is 11.6. The molecule has 2 rings (SSSR count). The van der Waals surface area contributed by atoms with Crippen LogP contribution in [-0.4, -0.2) is 12.5 Å². The number of thiophene rings is 1. The van der Waals surface area contributed by atoms with E-state index in [0.717, 1.165) is 27.3 Å². The molecule has 4 heteroatoms. The molecule has 2 nitrogen and oxygen atoms in total. The largest absolute Gasteiger partial charge is 0.352 e. The molecule has 1 heterocycles. The van der Waals surface area contributed by atoms with E-state index >= 15 is 0 Å². The van der Waals surface area contributed by atoms with Gasteiger partial charge in [-0.05, 0) is 41.0 Å². The third-order valence-electron chi connectivity index (χ3n) is 2.36. The lowest BCUT2D eigenvalue weighted by Gasteiger charge is -2.01. The highest BCUT2D eigenvalue weighted by Crippen LogP contribution is 2.31. The van der Waals surface area contributed by atoms with E-state index < -0.39 is 0 Å². The first-order chi connectivity index (χ1) is 6.75. The molecular weight excluding hydrogens is 309 g/mol. The van der Waals surface area contributed by atoms with Gasteiger partial charge < -0.3 is 5.32 Å². The molecule has 1 saturated carbocycles. The van der Waals surface area contributed by atoms with Crippen molar-refractivity contribution in [2.24, 2.45) is 5.92 Å². The molecule has 76 valence electrons. The minimum atomic E-state index is 0.0739. The first-order valence-corrected chi connectivity index (χ1v) is 6.74. The second kappa shape index (κ2) is 4.61. The molecule has 1 aliphatic carbocycles. The Morgan fingerprint density at radius 2 is 2.43 bits per heavy atom. The molecule has 14 heavy (non-hydrogen) atoms. The molecule has 1 N–H and O–H groups in total. The average molecular weight is 321 g/mol. The Morgan fingerprint density at radius 1 is 1.64 bits per heavy atom. The molecule has 1 aromatic heterocycles. The zero-order valence-electron chi connectivity index (χ0n) is 7.75. The Bertz CT molecular complexity index is 333. The van der Waals surface area contributed by atoms with Gasteiger partial charge in [-0.1, -0.05) is 12.8 Å². The standard InChI is InChI=1S/C10H12INOS/c11-9-5-8(6-14-9)10(13)12-4-3-7-1-2-7/h5-7H,1-4H2,(H,12,13). The first-order valence-electron chi connectivity index (χ1n) is 4.78. The molecule has 0 aromatic carbocycles. The summed E-state index contributed by atoms with van der Waals surface area (Å²) in [6, 6.07) is 1.93. The molecule has 1 fully saturated rings. The summed E-state index contributed by atoms with van der Waals surface area (Å²) in [4.78, 5) is 11.6. The minimum absolute atomic E-state index is 0.0739. The van der Waals surface area contributed by atoms with Crippen LogP contribution < -0.4 is 5.32 Å². The molecule has 0 atom stereocenters. The highest BCUT2D eigenvalue weighted by molar-refractivity contribution is 14.1. The number of amides is 1. The van der Waals surface area contributed by atoms with Gasteiger partial charge in [0.05, 0.1) is 8.45 Å². The molecule has 0 saturated heterocycles. The molecule has 1 aliphatic rings. The Labute approximate surface area is 101 Å². The van der Waals surface area contributed by atoms with Gasteiger partial charge in [-0.2, -0.15) is 0 Å². The zero-order valence-corrected chi connectivity index (χ0v) is 10.7. The quantitative estimate of drug-likeness (QED) is 0.849. The van der Waals surface area contributed by atoms with Crippen LogP contribution >= 0.6 is 33.9 Å². The number of nitrogens with one attached hydrogen (secondary N) is 1. The highest BCUT2D eigenvalue weighted by atomic mass is 127. The van der Waals surface area contributed by atoms with Crippen LogP contribution in [0, 0.1) is 8.80 Å². The topological polar surface area (TPSA) is 29.1 Å². The number of carbonyl (C=O) groups excluding carboxylic acids is 1. The lowest BCUT2D eigenvalue weighted by atomic mass is 10.3. The SMILES string of the molecule is O=C(NCCC1CC1)c1csc(I)c1. The molecule has 1 aromatic rings. The van der Waals surface area contributed by atoms with Crippen molar-refractivity contribution in [3.8, 4) is 0 Å². The smallest absolute Gasteiger partial charge is 0.252 e. The highest BCUT2D eigenvalue weighted by Gasteiger charge is 2.20. The Kier molecular flexibility index (Phi) is 3.43. The second-order valence-electron chi connectivity index (χ2n) is 3.63.